The number of hydrazine groups is 1. The lowest BCUT2D eigenvalue weighted by atomic mass is 10.1. The van der Waals surface area contributed by atoms with Gasteiger partial charge in [0.05, 0.1) is 0 Å². The lowest BCUT2D eigenvalue weighted by molar-refractivity contribution is 0.314. The van der Waals surface area contributed by atoms with E-state index in [0.717, 1.165) is 43.1 Å². The van der Waals surface area contributed by atoms with E-state index in [1.807, 2.05) is 11.8 Å². The number of anilines is 2. The van der Waals surface area contributed by atoms with Gasteiger partial charge in [-0.2, -0.15) is 11.8 Å². The van der Waals surface area contributed by atoms with Crippen molar-refractivity contribution < 1.29 is 0 Å². The SMILES string of the molecule is CCCc1c(NN)ncnc1NCCN1CCSCC1. The molecular formula is C13H24N6S. The van der Waals surface area contributed by atoms with E-state index in [1.54, 1.807) is 6.33 Å². The Morgan fingerprint density at radius 2 is 2.05 bits per heavy atom. The van der Waals surface area contributed by atoms with Gasteiger partial charge < -0.3 is 10.7 Å². The summed E-state index contributed by atoms with van der Waals surface area (Å²) in [5, 5.41) is 3.42. The molecule has 0 unspecified atom stereocenters. The van der Waals surface area contributed by atoms with Gasteiger partial charge in [-0.15, -0.1) is 0 Å². The fourth-order valence-corrected chi connectivity index (χ4v) is 3.31. The molecule has 0 aromatic carbocycles. The molecule has 7 heteroatoms. The largest absolute Gasteiger partial charge is 0.368 e. The molecule has 0 bridgehead atoms. The third kappa shape index (κ3) is 4.22. The minimum atomic E-state index is 0.721. The summed E-state index contributed by atoms with van der Waals surface area (Å²) in [6.07, 6.45) is 3.51. The summed E-state index contributed by atoms with van der Waals surface area (Å²) in [5.74, 6) is 9.63. The van der Waals surface area contributed by atoms with Gasteiger partial charge in [-0.05, 0) is 6.42 Å². The molecule has 6 nitrogen and oxygen atoms in total. The topological polar surface area (TPSA) is 79.1 Å². The molecule has 20 heavy (non-hydrogen) atoms. The van der Waals surface area contributed by atoms with Gasteiger partial charge in [0.1, 0.15) is 18.0 Å². The second kappa shape index (κ2) is 8.28. The van der Waals surface area contributed by atoms with Crippen molar-refractivity contribution >= 4 is 23.4 Å². The number of hydrogen-bond donors (Lipinski definition) is 3. The summed E-state index contributed by atoms with van der Waals surface area (Å²) < 4.78 is 0. The second-order valence-electron chi connectivity index (χ2n) is 4.82. The number of thioether (sulfide) groups is 1. The number of aromatic nitrogens is 2. The van der Waals surface area contributed by atoms with E-state index in [4.69, 9.17) is 5.84 Å². The standard InChI is InChI=1S/C13H24N6S/c1-2-3-11-12(16-10-17-13(11)18-14)15-4-5-19-6-8-20-9-7-19/h10H,2-9,14H2,1H3,(H2,15,16,17,18). The summed E-state index contributed by atoms with van der Waals surface area (Å²) in [4.78, 5) is 11.0. The molecule has 0 aliphatic carbocycles. The van der Waals surface area contributed by atoms with Crippen LogP contribution in [0.4, 0.5) is 11.6 Å². The predicted molar refractivity (Wildman–Crippen MR) is 86.1 cm³/mol. The first-order valence-corrected chi connectivity index (χ1v) is 8.35. The first-order chi connectivity index (χ1) is 9.85. The van der Waals surface area contributed by atoms with Crippen LogP contribution < -0.4 is 16.6 Å². The molecule has 2 heterocycles. The number of nitrogen functional groups attached to an aromatic ring is 1. The normalized spacial score (nSPS) is 16.1. The molecule has 1 aromatic heterocycles. The Morgan fingerprint density at radius 1 is 1.30 bits per heavy atom. The van der Waals surface area contributed by atoms with Crippen molar-refractivity contribution in [1.29, 1.82) is 0 Å². The molecule has 0 radical (unpaired) electrons. The minimum Gasteiger partial charge on any atom is -0.368 e. The summed E-state index contributed by atoms with van der Waals surface area (Å²) in [6, 6.07) is 0. The molecule has 0 spiro atoms. The average molecular weight is 296 g/mol. The maximum absolute atomic E-state index is 5.52. The Kier molecular flexibility index (Phi) is 6.35. The number of rotatable bonds is 7. The summed E-state index contributed by atoms with van der Waals surface area (Å²) in [6.45, 7) is 6.48. The highest BCUT2D eigenvalue weighted by molar-refractivity contribution is 7.99. The van der Waals surface area contributed by atoms with Crippen LogP contribution in [-0.2, 0) is 6.42 Å². The predicted octanol–water partition coefficient (Wildman–Crippen LogP) is 1.18. The highest BCUT2D eigenvalue weighted by Crippen LogP contribution is 2.20. The van der Waals surface area contributed by atoms with E-state index in [-0.39, 0.29) is 0 Å². The number of nitrogens with two attached hydrogens (primary N) is 1. The smallest absolute Gasteiger partial charge is 0.148 e. The van der Waals surface area contributed by atoms with Crippen LogP contribution in [0.2, 0.25) is 0 Å². The maximum atomic E-state index is 5.52. The van der Waals surface area contributed by atoms with Gasteiger partial charge in [-0.25, -0.2) is 15.8 Å². The molecule has 112 valence electrons. The van der Waals surface area contributed by atoms with E-state index >= 15 is 0 Å². The van der Waals surface area contributed by atoms with Crippen molar-refractivity contribution in [2.45, 2.75) is 19.8 Å². The maximum Gasteiger partial charge on any atom is 0.148 e. The van der Waals surface area contributed by atoms with Crippen LogP contribution in [0.1, 0.15) is 18.9 Å². The monoisotopic (exact) mass is 296 g/mol. The van der Waals surface area contributed by atoms with Gasteiger partial charge in [-0.1, -0.05) is 13.3 Å². The van der Waals surface area contributed by atoms with Gasteiger partial charge in [0.25, 0.3) is 0 Å². The highest BCUT2D eigenvalue weighted by Gasteiger charge is 2.12. The van der Waals surface area contributed by atoms with E-state index in [0.29, 0.717) is 0 Å². The van der Waals surface area contributed by atoms with Gasteiger partial charge >= 0.3 is 0 Å². The van der Waals surface area contributed by atoms with E-state index in [1.165, 1.54) is 24.6 Å². The Morgan fingerprint density at radius 3 is 2.75 bits per heavy atom. The highest BCUT2D eigenvalue weighted by atomic mass is 32.2. The van der Waals surface area contributed by atoms with E-state index in [9.17, 15) is 0 Å². The second-order valence-corrected chi connectivity index (χ2v) is 6.05. The third-order valence-corrected chi connectivity index (χ3v) is 4.35. The molecule has 0 amide bonds. The van der Waals surface area contributed by atoms with E-state index in [2.05, 4.69) is 32.5 Å². The van der Waals surface area contributed by atoms with Crippen molar-refractivity contribution in [3.8, 4) is 0 Å². The zero-order chi connectivity index (χ0) is 14.2. The molecule has 1 aliphatic heterocycles. The Bertz CT molecular complexity index is 408. The zero-order valence-electron chi connectivity index (χ0n) is 12.1. The average Bonchev–Trinajstić information content (AvgIpc) is 2.50. The van der Waals surface area contributed by atoms with Crippen molar-refractivity contribution in [3.05, 3.63) is 11.9 Å². The fourth-order valence-electron chi connectivity index (χ4n) is 2.33. The first-order valence-electron chi connectivity index (χ1n) is 7.19. The van der Waals surface area contributed by atoms with Crippen LogP contribution in [0.15, 0.2) is 6.33 Å². The van der Waals surface area contributed by atoms with Gasteiger partial charge in [0.15, 0.2) is 0 Å². The quantitative estimate of drug-likeness (QED) is 0.515. The Hall–Kier alpha value is -1.05. The van der Waals surface area contributed by atoms with Crippen LogP contribution in [0.25, 0.3) is 0 Å². The van der Waals surface area contributed by atoms with Crippen molar-refractivity contribution in [2.24, 2.45) is 5.84 Å². The molecule has 0 atom stereocenters. The molecule has 0 saturated carbocycles. The van der Waals surface area contributed by atoms with Crippen molar-refractivity contribution in [3.63, 3.8) is 0 Å². The first kappa shape index (κ1) is 15.3. The minimum absolute atomic E-state index is 0.721. The molecule has 1 aromatic rings. The van der Waals surface area contributed by atoms with Crippen LogP contribution in [0.3, 0.4) is 0 Å². The third-order valence-electron chi connectivity index (χ3n) is 3.41. The Labute approximate surface area is 124 Å². The fraction of sp³-hybridized carbons (Fsp3) is 0.692. The van der Waals surface area contributed by atoms with Crippen LogP contribution in [-0.4, -0.2) is 52.6 Å². The molecule has 1 fully saturated rings. The summed E-state index contributed by atoms with van der Waals surface area (Å²) >= 11 is 2.04. The lowest BCUT2D eigenvalue weighted by Crippen LogP contribution is -2.36. The Balaban J connectivity index is 1.90. The molecule has 2 rings (SSSR count). The lowest BCUT2D eigenvalue weighted by Gasteiger charge is -2.26. The number of hydrogen-bond acceptors (Lipinski definition) is 7. The van der Waals surface area contributed by atoms with E-state index < -0.39 is 0 Å². The van der Waals surface area contributed by atoms with Crippen molar-refractivity contribution in [1.82, 2.24) is 14.9 Å². The number of nitrogens with one attached hydrogen (secondary N) is 2. The van der Waals surface area contributed by atoms with Gasteiger partial charge in [0.2, 0.25) is 0 Å². The molecule has 4 N–H and O–H groups in total. The molecule has 1 saturated heterocycles. The summed E-state index contributed by atoms with van der Waals surface area (Å²) in [5.41, 5.74) is 3.73. The van der Waals surface area contributed by atoms with Crippen molar-refractivity contribution in [2.75, 3.05) is 48.4 Å². The van der Waals surface area contributed by atoms with Crippen LogP contribution >= 0.6 is 11.8 Å². The molecule has 1 aliphatic rings. The van der Waals surface area contributed by atoms with Gasteiger partial charge in [-0.3, -0.25) is 4.90 Å². The van der Waals surface area contributed by atoms with Crippen LogP contribution in [0, 0.1) is 0 Å². The van der Waals surface area contributed by atoms with Crippen LogP contribution in [0.5, 0.6) is 0 Å². The van der Waals surface area contributed by atoms with Gasteiger partial charge in [0, 0.05) is 43.2 Å². The zero-order valence-corrected chi connectivity index (χ0v) is 12.9. The number of nitrogens with zero attached hydrogens (tertiary/aromatic N) is 3. The molecular weight excluding hydrogens is 272 g/mol. The summed E-state index contributed by atoms with van der Waals surface area (Å²) in [7, 11) is 0.